The van der Waals surface area contributed by atoms with Gasteiger partial charge in [0.15, 0.2) is 0 Å². The van der Waals surface area contributed by atoms with Gasteiger partial charge in [0.05, 0.1) is 18.3 Å². The Morgan fingerprint density at radius 1 is 1.09 bits per heavy atom. The van der Waals surface area contributed by atoms with E-state index >= 15 is 0 Å². The summed E-state index contributed by atoms with van der Waals surface area (Å²) in [6.07, 6.45) is 1.78. The molecule has 0 bridgehead atoms. The van der Waals surface area contributed by atoms with E-state index in [0.717, 1.165) is 6.26 Å². The zero-order valence-corrected chi connectivity index (χ0v) is 14.6. The normalized spacial score (nSPS) is 12.5. The molecule has 1 N–H and O–H groups in total. The summed E-state index contributed by atoms with van der Waals surface area (Å²) < 4.78 is 55.9. The van der Waals surface area contributed by atoms with Crippen LogP contribution in [0.3, 0.4) is 0 Å². The molecule has 0 aliphatic carbocycles. The summed E-state index contributed by atoms with van der Waals surface area (Å²) in [7, 11) is -5.51. The molecule has 0 heterocycles. The SMILES string of the molecule is CCCN(CCNS(=O)(=O)c1ccc(OC)cc1)S(C)(=O)=O. The molecule has 0 aromatic heterocycles. The average Bonchev–Trinajstić information content (AvgIpc) is 2.45. The summed E-state index contributed by atoms with van der Waals surface area (Å²) >= 11 is 0. The minimum absolute atomic E-state index is 0.0153. The summed E-state index contributed by atoms with van der Waals surface area (Å²) in [4.78, 5) is 0.106. The van der Waals surface area contributed by atoms with Crippen molar-refractivity contribution in [3.05, 3.63) is 24.3 Å². The Bertz CT molecular complexity index is 669. The van der Waals surface area contributed by atoms with Crippen molar-refractivity contribution in [3.8, 4) is 5.75 Å². The maximum atomic E-state index is 12.1. The van der Waals surface area contributed by atoms with E-state index < -0.39 is 20.0 Å². The summed E-state index contributed by atoms with van der Waals surface area (Å²) in [5, 5.41) is 0. The number of hydrogen-bond acceptors (Lipinski definition) is 5. The van der Waals surface area contributed by atoms with Crippen LogP contribution >= 0.6 is 0 Å². The van der Waals surface area contributed by atoms with E-state index in [1.54, 1.807) is 12.1 Å². The van der Waals surface area contributed by atoms with Crippen molar-refractivity contribution in [1.29, 1.82) is 0 Å². The van der Waals surface area contributed by atoms with Crippen LogP contribution in [0.1, 0.15) is 13.3 Å². The van der Waals surface area contributed by atoms with Gasteiger partial charge in [0.2, 0.25) is 20.0 Å². The van der Waals surface area contributed by atoms with E-state index in [1.165, 1.54) is 23.5 Å². The highest BCUT2D eigenvalue weighted by Crippen LogP contribution is 2.15. The van der Waals surface area contributed by atoms with Crippen LogP contribution in [-0.2, 0) is 20.0 Å². The number of ether oxygens (including phenoxy) is 1. The molecule has 9 heteroatoms. The van der Waals surface area contributed by atoms with Gasteiger partial charge in [-0.15, -0.1) is 0 Å². The second-order valence-corrected chi connectivity index (χ2v) is 8.48. The number of benzene rings is 1. The maximum Gasteiger partial charge on any atom is 0.240 e. The lowest BCUT2D eigenvalue weighted by atomic mass is 10.3. The fraction of sp³-hybridized carbons (Fsp3) is 0.538. The zero-order chi connectivity index (χ0) is 16.8. The lowest BCUT2D eigenvalue weighted by Gasteiger charge is -2.19. The molecule has 0 unspecified atom stereocenters. The van der Waals surface area contributed by atoms with Gasteiger partial charge in [-0.2, -0.15) is 0 Å². The Kier molecular flexibility index (Phi) is 6.79. The predicted octanol–water partition coefficient (Wildman–Crippen LogP) is 0.645. The van der Waals surface area contributed by atoms with E-state index in [4.69, 9.17) is 4.74 Å². The smallest absolute Gasteiger partial charge is 0.240 e. The van der Waals surface area contributed by atoms with Crippen LogP contribution < -0.4 is 9.46 Å². The molecule has 22 heavy (non-hydrogen) atoms. The van der Waals surface area contributed by atoms with Gasteiger partial charge in [-0.3, -0.25) is 0 Å². The standard InChI is InChI=1S/C13H22N2O5S2/c1-4-10-15(21(3,16)17)11-9-14-22(18,19)13-7-5-12(20-2)6-8-13/h5-8,14H,4,9-11H2,1-3H3. The Morgan fingerprint density at radius 3 is 2.14 bits per heavy atom. The van der Waals surface area contributed by atoms with Crippen molar-refractivity contribution in [3.63, 3.8) is 0 Å². The van der Waals surface area contributed by atoms with Gasteiger partial charge in [0, 0.05) is 19.6 Å². The lowest BCUT2D eigenvalue weighted by Crippen LogP contribution is -2.38. The molecule has 0 atom stereocenters. The molecule has 7 nitrogen and oxygen atoms in total. The Balaban J connectivity index is 2.68. The first kappa shape index (κ1) is 18.9. The van der Waals surface area contributed by atoms with Crippen molar-refractivity contribution in [2.24, 2.45) is 0 Å². The number of rotatable bonds is 9. The highest BCUT2D eigenvalue weighted by Gasteiger charge is 2.18. The van der Waals surface area contributed by atoms with Gasteiger partial charge in [-0.1, -0.05) is 6.92 Å². The van der Waals surface area contributed by atoms with Crippen molar-refractivity contribution < 1.29 is 21.6 Å². The number of sulfonamides is 2. The molecular formula is C13H22N2O5S2. The molecule has 126 valence electrons. The number of methoxy groups -OCH3 is 1. The number of nitrogens with zero attached hydrogens (tertiary/aromatic N) is 1. The predicted molar refractivity (Wildman–Crippen MR) is 84.9 cm³/mol. The molecule has 0 saturated heterocycles. The highest BCUT2D eigenvalue weighted by molar-refractivity contribution is 7.89. The monoisotopic (exact) mass is 350 g/mol. The van der Waals surface area contributed by atoms with Crippen molar-refractivity contribution >= 4 is 20.0 Å². The molecular weight excluding hydrogens is 328 g/mol. The molecule has 0 aliphatic rings. The number of nitrogens with one attached hydrogen (secondary N) is 1. The third kappa shape index (κ3) is 5.56. The highest BCUT2D eigenvalue weighted by atomic mass is 32.2. The largest absolute Gasteiger partial charge is 0.497 e. The first-order valence-corrected chi connectivity index (χ1v) is 10.1. The molecule has 1 rings (SSSR count). The lowest BCUT2D eigenvalue weighted by molar-refractivity contribution is 0.414. The van der Waals surface area contributed by atoms with E-state index in [0.29, 0.717) is 18.7 Å². The van der Waals surface area contributed by atoms with Crippen LogP contribution in [0.15, 0.2) is 29.2 Å². The van der Waals surface area contributed by atoms with Crippen LogP contribution in [0.2, 0.25) is 0 Å². The van der Waals surface area contributed by atoms with Crippen LogP contribution in [0.4, 0.5) is 0 Å². The zero-order valence-electron chi connectivity index (χ0n) is 12.9. The summed E-state index contributed by atoms with van der Waals surface area (Å²) in [6.45, 7) is 2.34. The molecule has 1 aromatic carbocycles. The van der Waals surface area contributed by atoms with Crippen LogP contribution in [0.5, 0.6) is 5.75 Å². The van der Waals surface area contributed by atoms with Gasteiger partial charge in [-0.25, -0.2) is 25.9 Å². The summed E-state index contributed by atoms with van der Waals surface area (Å²) in [5.74, 6) is 0.560. The Labute approximate surface area is 132 Å². The second-order valence-electron chi connectivity index (χ2n) is 4.74. The minimum atomic E-state index is -3.67. The number of hydrogen-bond donors (Lipinski definition) is 1. The van der Waals surface area contributed by atoms with Gasteiger partial charge in [0.25, 0.3) is 0 Å². The molecule has 0 aliphatic heterocycles. The molecule has 0 saturated carbocycles. The fourth-order valence-corrected chi connectivity index (χ4v) is 3.79. The molecule has 1 aromatic rings. The van der Waals surface area contributed by atoms with Crippen molar-refractivity contribution in [2.75, 3.05) is 33.0 Å². The van der Waals surface area contributed by atoms with Gasteiger partial charge in [0.1, 0.15) is 5.75 Å². The third-order valence-corrected chi connectivity index (χ3v) is 5.75. The first-order chi connectivity index (χ1) is 10.2. The van der Waals surface area contributed by atoms with E-state index in [9.17, 15) is 16.8 Å². The van der Waals surface area contributed by atoms with Gasteiger partial charge >= 0.3 is 0 Å². The Hall–Kier alpha value is -1.16. The first-order valence-electron chi connectivity index (χ1n) is 6.79. The third-order valence-electron chi connectivity index (χ3n) is 2.97. The Morgan fingerprint density at radius 2 is 1.68 bits per heavy atom. The van der Waals surface area contributed by atoms with Crippen molar-refractivity contribution in [2.45, 2.75) is 18.2 Å². The van der Waals surface area contributed by atoms with Gasteiger partial charge < -0.3 is 4.74 Å². The minimum Gasteiger partial charge on any atom is -0.497 e. The average molecular weight is 350 g/mol. The molecule has 0 amide bonds. The van der Waals surface area contributed by atoms with Crippen LogP contribution in [0.25, 0.3) is 0 Å². The van der Waals surface area contributed by atoms with Crippen molar-refractivity contribution in [1.82, 2.24) is 9.03 Å². The van der Waals surface area contributed by atoms with E-state index in [-0.39, 0.29) is 18.0 Å². The quantitative estimate of drug-likeness (QED) is 0.706. The van der Waals surface area contributed by atoms with Crippen LogP contribution in [0, 0.1) is 0 Å². The topological polar surface area (TPSA) is 92.8 Å². The molecule has 0 fully saturated rings. The fourth-order valence-electron chi connectivity index (χ4n) is 1.84. The van der Waals surface area contributed by atoms with Crippen LogP contribution in [-0.4, -0.2) is 54.1 Å². The van der Waals surface area contributed by atoms with E-state index in [1.807, 2.05) is 6.92 Å². The van der Waals surface area contributed by atoms with Gasteiger partial charge in [-0.05, 0) is 30.7 Å². The molecule has 0 spiro atoms. The summed E-state index contributed by atoms with van der Waals surface area (Å²) in [6, 6.07) is 5.96. The molecule has 0 radical (unpaired) electrons. The van der Waals surface area contributed by atoms with E-state index in [2.05, 4.69) is 4.72 Å². The maximum absolute atomic E-state index is 12.1. The second kappa shape index (κ2) is 7.91. The summed E-state index contributed by atoms with van der Waals surface area (Å²) in [5.41, 5.74) is 0.